The Morgan fingerprint density at radius 1 is 0.929 bits per heavy atom. The van der Waals surface area contributed by atoms with Crippen LogP contribution < -0.4 is 0 Å². The number of alkyl halides is 6. The molecule has 0 aliphatic carbocycles. The molecule has 0 bridgehead atoms. The lowest BCUT2D eigenvalue weighted by Gasteiger charge is -2.17. The van der Waals surface area contributed by atoms with Crippen LogP contribution in [0.1, 0.15) is 41.0 Å². The van der Waals surface area contributed by atoms with E-state index in [0.29, 0.717) is 16.5 Å². The number of aromatic nitrogens is 1. The minimum absolute atomic E-state index is 0.0844. The molecule has 0 spiro atoms. The van der Waals surface area contributed by atoms with Crippen molar-refractivity contribution in [2.24, 2.45) is 0 Å². The second-order valence-corrected chi connectivity index (χ2v) is 6.34. The lowest BCUT2D eigenvalue weighted by Crippen LogP contribution is -2.07. The van der Waals surface area contributed by atoms with E-state index in [1.165, 1.54) is 30.5 Å². The molecule has 0 fully saturated rings. The van der Waals surface area contributed by atoms with E-state index >= 15 is 0 Å². The molecule has 8 heteroatoms. The fourth-order valence-corrected chi connectivity index (χ4v) is 3.32. The van der Waals surface area contributed by atoms with Gasteiger partial charge in [0.25, 0.3) is 0 Å². The minimum atomic E-state index is -4.54. The molecule has 0 amide bonds. The Morgan fingerprint density at radius 3 is 2.18 bits per heavy atom. The van der Waals surface area contributed by atoms with Gasteiger partial charge in [0.15, 0.2) is 0 Å². The van der Waals surface area contributed by atoms with Crippen LogP contribution in [0, 0.1) is 11.3 Å². The molecule has 1 N–H and O–H groups in total. The molecular weight excluding hydrogens is 382 g/mol. The van der Waals surface area contributed by atoms with E-state index in [4.69, 9.17) is 5.26 Å². The summed E-state index contributed by atoms with van der Waals surface area (Å²) in [5, 5.41) is 9.25. The zero-order valence-electron chi connectivity index (χ0n) is 14.3. The van der Waals surface area contributed by atoms with Crippen LogP contribution in [0.3, 0.4) is 0 Å². The van der Waals surface area contributed by atoms with Crippen molar-refractivity contribution >= 4 is 10.9 Å². The zero-order valence-corrected chi connectivity index (χ0v) is 14.3. The van der Waals surface area contributed by atoms with E-state index < -0.39 is 29.4 Å². The lowest BCUT2D eigenvalue weighted by molar-refractivity contribution is -0.138. The van der Waals surface area contributed by atoms with Gasteiger partial charge in [-0.15, -0.1) is 0 Å². The number of para-hydroxylation sites is 1. The molecule has 0 aliphatic rings. The van der Waals surface area contributed by atoms with Crippen molar-refractivity contribution in [1.82, 2.24) is 4.98 Å². The molecule has 146 valence electrons. The van der Waals surface area contributed by atoms with E-state index in [1.54, 1.807) is 0 Å². The number of fused-ring (bicyclic) bond motifs is 1. The Balaban J connectivity index is 2.09. The van der Waals surface area contributed by atoms with Gasteiger partial charge in [0.1, 0.15) is 0 Å². The summed E-state index contributed by atoms with van der Waals surface area (Å²) in [6, 6.07) is 10.2. The highest BCUT2D eigenvalue weighted by atomic mass is 19.4. The van der Waals surface area contributed by atoms with E-state index in [2.05, 4.69) is 4.98 Å². The van der Waals surface area contributed by atoms with E-state index in [0.717, 1.165) is 18.2 Å². The Labute approximate surface area is 156 Å². The fourth-order valence-electron chi connectivity index (χ4n) is 3.32. The maximum absolute atomic E-state index is 13.2. The molecule has 2 nitrogen and oxygen atoms in total. The van der Waals surface area contributed by atoms with Crippen molar-refractivity contribution in [3.8, 4) is 6.07 Å². The molecule has 1 unspecified atom stereocenters. The molecular formula is C20H14F6N2. The highest BCUT2D eigenvalue weighted by molar-refractivity contribution is 5.87. The van der Waals surface area contributed by atoms with Gasteiger partial charge in [-0.25, -0.2) is 0 Å². The van der Waals surface area contributed by atoms with Gasteiger partial charge in [-0.2, -0.15) is 31.6 Å². The van der Waals surface area contributed by atoms with Gasteiger partial charge in [-0.1, -0.05) is 24.3 Å². The number of nitrogens with zero attached hydrogens (tertiary/aromatic N) is 1. The third-order valence-corrected chi connectivity index (χ3v) is 4.61. The summed E-state index contributed by atoms with van der Waals surface area (Å²) in [6.45, 7) is 0. The quantitative estimate of drug-likeness (QED) is 0.493. The smallest absolute Gasteiger partial charge is 0.360 e. The number of nitrogens with one attached hydrogen (secondary N) is 1. The van der Waals surface area contributed by atoms with Crippen LogP contribution in [0.15, 0.2) is 48.7 Å². The van der Waals surface area contributed by atoms with Crippen LogP contribution in [-0.2, 0) is 12.4 Å². The molecule has 3 rings (SSSR count). The van der Waals surface area contributed by atoms with Crippen LogP contribution in [0.4, 0.5) is 26.3 Å². The summed E-state index contributed by atoms with van der Waals surface area (Å²) < 4.78 is 78.1. The maximum atomic E-state index is 13.2. The molecule has 1 atom stereocenters. The third-order valence-electron chi connectivity index (χ3n) is 4.61. The minimum Gasteiger partial charge on any atom is -0.360 e. The number of hydrogen-bond acceptors (Lipinski definition) is 1. The molecule has 0 aliphatic heterocycles. The molecule has 2 aromatic carbocycles. The topological polar surface area (TPSA) is 39.6 Å². The Bertz CT molecular complexity index is 1010. The van der Waals surface area contributed by atoms with Gasteiger partial charge in [-0.05, 0) is 35.7 Å². The largest absolute Gasteiger partial charge is 0.418 e. The van der Waals surface area contributed by atoms with Gasteiger partial charge >= 0.3 is 12.4 Å². The van der Waals surface area contributed by atoms with Crippen molar-refractivity contribution in [1.29, 1.82) is 5.26 Å². The van der Waals surface area contributed by atoms with Gasteiger partial charge in [-0.3, -0.25) is 0 Å². The van der Waals surface area contributed by atoms with Crippen molar-refractivity contribution in [2.45, 2.75) is 31.1 Å². The highest BCUT2D eigenvalue weighted by Gasteiger charge is 2.34. The molecule has 28 heavy (non-hydrogen) atoms. The first-order valence-electron chi connectivity index (χ1n) is 8.34. The summed E-state index contributed by atoms with van der Waals surface area (Å²) in [7, 11) is 0. The normalized spacial score (nSPS) is 13.5. The molecule has 0 radical (unpaired) electrons. The van der Waals surface area contributed by atoms with Gasteiger partial charge in [0, 0.05) is 23.9 Å². The molecule has 1 heterocycles. The number of H-pyrrole nitrogens is 1. The number of nitriles is 1. The summed E-state index contributed by atoms with van der Waals surface area (Å²) in [6.07, 6.45) is -7.22. The van der Waals surface area contributed by atoms with Crippen LogP contribution in [-0.4, -0.2) is 4.98 Å². The Kier molecular flexibility index (Phi) is 5.11. The van der Waals surface area contributed by atoms with Crippen LogP contribution in [0.2, 0.25) is 0 Å². The summed E-state index contributed by atoms with van der Waals surface area (Å²) >= 11 is 0. The standard InChI is InChI=1S/C20H14F6N2/c21-19(22,23)13-8-6-12(7-9-13)14(4-2-10-27)16-11-28-18-15(16)3-1-5-17(18)20(24,25)26/h1,3,5-9,11,14,28H,2,4H2. The lowest BCUT2D eigenvalue weighted by atomic mass is 9.86. The monoisotopic (exact) mass is 396 g/mol. The molecule has 3 aromatic rings. The SMILES string of the molecule is N#CCCC(c1ccc(C(F)(F)F)cc1)c1c[nH]c2c(C(F)(F)F)cccc12. The van der Waals surface area contributed by atoms with E-state index in [9.17, 15) is 26.3 Å². The first-order chi connectivity index (χ1) is 13.1. The molecule has 0 saturated heterocycles. The van der Waals surface area contributed by atoms with Crippen LogP contribution in [0.25, 0.3) is 10.9 Å². The van der Waals surface area contributed by atoms with E-state index in [-0.39, 0.29) is 18.4 Å². The first-order valence-corrected chi connectivity index (χ1v) is 8.34. The molecule has 1 aromatic heterocycles. The van der Waals surface area contributed by atoms with Gasteiger partial charge in [0.2, 0.25) is 0 Å². The van der Waals surface area contributed by atoms with Crippen LogP contribution >= 0.6 is 0 Å². The van der Waals surface area contributed by atoms with Crippen molar-refractivity contribution in [2.75, 3.05) is 0 Å². The highest BCUT2D eigenvalue weighted by Crippen LogP contribution is 2.40. The van der Waals surface area contributed by atoms with E-state index in [1.807, 2.05) is 6.07 Å². The number of hydrogen-bond donors (Lipinski definition) is 1. The zero-order chi connectivity index (χ0) is 20.5. The van der Waals surface area contributed by atoms with Crippen molar-refractivity contribution in [3.63, 3.8) is 0 Å². The second-order valence-electron chi connectivity index (χ2n) is 6.34. The predicted molar refractivity (Wildman–Crippen MR) is 91.4 cm³/mol. The fraction of sp³-hybridized carbons (Fsp3) is 0.250. The predicted octanol–water partition coefficient (Wildman–Crippen LogP) is 6.64. The number of halogens is 6. The average molecular weight is 396 g/mol. The number of benzene rings is 2. The Morgan fingerprint density at radius 2 is 1.61 bits per heavy atom. The Hall–Kier alpha value is -2.95. The number of rotatable bonds is 4. The van der Waals surface area contributed by atoms with Crippen molar-refractivity contribution in [3.05, 3.63) is 70.9 Å². The van der Waals surface area contributed by atoms with Crippen LogP contribution in [0.5, 0.6) is 0 Å². The summed E-state index contributed by atoms with van der Waals surface area (Å²) in [5.41, 5.74) is -0.701. The average Bonchev–Trinajstić information content (AvgIpc) is 3.05. The third kappa shape index (κ3) is 3.84. The molecule has 0 saturated carbocycles. The first kappa shape index (κ1) is 19.8. The second kappa shape index (κ2) is 7.23. The van der Waals surface area contributed by atoms with Gasteiger partial charge in [0.05, 0.1) is 22.7 Å². The van der Waals surface area contributed by atoms with Crippen molar-refractivity contribution < 1.29 is 26.3 Å². The maximum Gasteiger partial charge on any atom is 0.418 e. The number of aromatic amines is 1. The van der Waals surface area contributed by atoms with Gasteiger partial charge < -0.3 is 4.98 Å². The summed E-state index contributed by atoms with van der Waals surface area (Å²) in [4.78, 5) is 2.64. The summed E-state index contributed by atoms with van der Waals surface area (Å²) in [5.74, 6) is -0.515.